The van der Waals surface area contributed by atoms with E-state index in [0.29, 0.717) is 19.8 Å². The van der Waals surface area contributed by atoms with Crippen molar-refractivity contribution in [3.63, 3.8) is 0 Å². The van der Waals surface area contributed by atoms with Gasteiger partial charge >= 0.3 is 0 Å². The normalized spacial score (nSPS) is 16.6. The maximum Gasteiger partial charge on any atom is 0.225 e. The molecule has 8 heteroatoms. The zero-order valence-corrected chi connectivity index (χ0v) is 16.2. The third-order valence-corrected chi connectivity index (χ3v) is 5.35. The Balaban J connectivity index is 1.56. The third-order valence-electron chi connectivity index (χ3n) is 5.35. The van der Waals surface area contributed by atoms with Crippen molar-refractivity contribution in [3.05, 3.63) is 54.0 Å². The van der Waals surface area contributed by atoms with Crippen molar-refractivity contribution in [2.45, 2.75) is 13.0 Å². The van der Waals surface area contributed by atoms with Crippen molar-refractivity contribution >= 4 is 17.5 Å². The number of hydrogen-bond acceptors (Lipinski definition) is 8. The molecule has 2 aromatic heterocycles. The molecule has 1 fully saturated rings. The number of nitrogens with zero attached hydrogens (tertiary/aromatic N) is 6. The zero-order valence-electron chi connectivity index (χ0n) is 16.2. The van der Waals surface area contributed by atoms with Crippen LogP contribution in [0.15, 0.2) is 42.7 Å². The lowest BCUT2D eigenvalue weighted by Gasteiger charge is -2.34. The van der Waals surface area contributed by atoms with Crippen molar-refractivity contribution < 1.29 is 4.74 Å². The van der Waals surface area contributed by atoms with Crippen LogP contribution in [0, 0.1) is 0 Å². The van der Waals surface area contributed by atoms with E-state index in [0.717, 1.165) is 66.2 Å². The predicted molar refractivity (Wildman–Crippen MR) is 112 cm³/mol. The largest absolute Gasteiger partial charge is 0.399 e. The van der Waals surface area contributed by atoms with Gasteiger partial charge in [0.1, 0.15) is 5.82 Å². The Hall–Kier alpha value is -3.26. The maximum atomic E-state index is 5.85. The van der Waals surface area contributed by atoms with Crippen LogP contribution < -0.4 is 15.5 Å². The lowest BCUT2D eigenvalue weighted by atomic mass is 10.0. The van der Waals surface area contributed by atoms with Gasteiger partial charge in [-0.3, -0.25) is 0 Å². The van der Waals surface area contributed by atoms with Gasteiger partial charge in [0.2, 0.25) is 5.95 Å². The number of nitrogen functional groups attached to an aromatic ring is 1. The van der Waals surface area contributed by atoms with Crippen LogP contribution in [-0.4, -0.2) is 52.8 Å². The molecule has 5 rings (SSSR count). The maximum absolute atomic E-state index is 5.85. The Kier molecular flexibility index (Phi) is 4.69. The molecule has 2 aliphatic heterocycles. The summed E-state index contributed by atoms with van der Waals surface area (Å²) in [5.74, 6) is 2.48. The van der Waals surface area contributed by atoms with Crippen LogP contribution >= 0.6 is 0 Å². The second-order valence-corrected chi connectivity index (χ2v) is 7.24. The molecule has 2 aliphatic rings. The fourth-order valence-corrected chi connectivity index (χ4v) is 3.82. The van der Waals surface area contributed by atoms with E-state index in [1.807, 2.05) is 30.3 Å². The lowest BCUT2D eigenvalue weighted by Crippen LogP contribution is -2.40. The fourth-order valence-electron chi connectivity index (χ4n) is 3.82. The molecule has 0 amide bonds. The SMILES string of the molecule is Nc1ccc(-c2nc3c(c(N4CCOCC4)n2)CN(c2ncccn2)CC3)cc1. The standard InChI is InChI=1S/C21H23N7O/c22-16-4-2-15(3-5-16)19-25-18-6-9-28(21-23-7-1-8-24-21)14-17(18)20(26-19)27-10-12-29-13-11-27/h1-5,7-8H,6,9-14,22H2. The van der Waals surface area contributed by atoms with Crippen LogP contribution in [0.3, 0.4) is 0 Å². The van der Waals surface area contributed by atoms with E-state index < -0.39 is 0 Å². The molecule has 1 saturated heterocycles. The van der Waals surface area contributed by atoms with Crippen molar-refractivity contribution in [2.24, 2.45) is 0 Å². The van der Waals surface area contributed by atoms with Gasteiger partial charge in [-0.05, 0) is 30.3 Å². The van der Waals surface area contributed by atoms with Gasteiger partial charge in [-0.2, -0.15) is 0 Å². The van der Waals surface area contributed by atoms with Crippen LogP contribution in [-0.2, 0) is 17.7 Å². The van der Waals surface area contributed by atoms with Crippen molar-refractivity contribution in [2.75, 3.05) is 48.4 Å². The monoisotopic (exact) mass is 389 g/mol. The summed E-state index contributed by atoms with van der Waals surface area (Å²) in [5.41, 5.74) is 9.82. The van der Waals surface area contributed by atoms with Crippen LogP contribution in [0.1, 0.15) is 11.3 Å². The summed E-state index contributed by atoms with van der Waals surface area (Å²) in [6.07, 6.45) is 4.39. The van der Waals surface area contributed by atoms with Gasteiger partial charge in [-0.1, -0.05) is 0 Å². The van der Waals surface area contributed by atoms with Gasteiger partial charge in [-0.25, -0.2) is 19.9 Å². The Morgan fingerprint density at radius 1 is 0.897 bits per heavy atom. The van der Waals surface area contributed by atoms with Crippen molar-refractivity contribution in [1.29, 1.82) is 0 Å². The molecule has 1 aromatic carbocycles. The van der Waals surface area contributed by atoms with E-state index in [9.17, 15) is 0 Å². The fraction of sp³-hybridized carbons (Fsp3) is 0.333. The number of nitrogens with two attached hydrogens (primary N) is 1. The minimum Gasteiger partial charge on any atom is -0.399 e. The summed E-state index contributed by atoms with van der Waals surface area (Å²) >= 11 is 0. The highest BCUT2D eigenvalue weighted by Gasteiger charge is 2.27. The Labute approximate surface area is 169 Å². The first kappa shape index (κ1) is 17.8. The van der Waals surface area contributed by atoms with Crippen LogP contribution in [0.5, 0.6) is 0 Å². The molecule has 0 atom stereocenters. The van der Waals surface area contributed by atoms with E-state index in [1.54, 1.807) is 12.4 Å². The Bertz CT molecular complexity index is 988. The Morgan fingerprint density at radius 3 is 2.41 bits per heavy atom. The van der Waals surface area contributed by atoms with Gasteiger partial charge in [0.05, 0.1) is 25.5 Å². The summed E-state index contributed by atoms with van der Waals surface area (Å²) in [6, 6.07) is 9.57. The van der Waals surface area contributed by atoms with Gasteiger partial charge in [-0.15, -0.1) is 0 Å². The molecular formula is C21H23N7O. The first-order chi connectivity index (χ1) is 14.3. The van der Waals surface area contributed by atoms with E-state index in [4.69, 9.17) is 20.4 Å². The number of rotatable bonds is 3. The van der Waals surface area contributed by atoms with Crippen LogP contribution in [0.2, 0.25) is 0 Å². The van der Waals surface area contributed by atoms with Crippen LogP contribution in [0.4, 0.5) is 17.5 Å². The highest BCUT2D eigenvalue weighted by molar-refractivity contribution is 5.64. The molecule has 0 radical (unpaired) electrons. The van der Waals surface area contributed by atoms with Gasteiger partial charge < -0.3 is 20.3 Å². The van der Waals surface area contributed by atoms with E-state index in [2.05, 4.69) is 19.8 Å². The summed E-state index contributed by atoms with van der Waals surface area (Å²) < 4.78 is 5.55. The first-order valence-electron chi connectivity index (χ1n) is 9.88. The van der Waals surface area contributed by atoms with Crippen molar-refractivity contribution in [1.82, 2.24) is 19.9 Å². The molecule has 148 valence electrons. The molecule has 0 unspecified atom stereocenters. The molecular weight excluding hydrogens is 366 g/mol. The second-order valence-electron chi connectivity index (χ2n) is 7.24. The molecule has 0 spiro atoms. The average molecular weight is 389 g/mol. The summed E-state index contributed by atoms with van der Waals surface area (Å²) in [6.45, 7) is 4.60. The van der Waals surface area contributed by atoms with E-state index in [1.165, 1.54) is 0 Å². The number of anilines is 3. The van der Waals surface area contributed by atoms with Gasteiger partial charge in [0.25, 0.3) is 0 Å². The Morgan fingerprint density at radius 2 is 1.66 bits per heavy atom. The molecule has 0 saturated carbocycles. The smallest absolute Gasteiger partial charge is 0.225 e. The number of morpholine rings is 1. The van der Waals surface area contributed by atoms with Crippen LogP contribution in [0.25, 0.3) is 11.4 Å². The minimum absolute atomic E-state index is 0.702. The highest BCUT2D eigenvalue weighted by Crippen LogP contribution is 2.31. The average Bonchev–Trinajstić information content (AvgIpc) is 2.80. The molecule has 8 nitrogen and oxygen atoms in total. The topological polar surface area (TPSA) is 93.3 Å². The minimum atomic E-state index is 0.702. The number of benzene rings is 1. The molecule has 0 bridgehead atoms. The first-order valence-corrected chi connectivity index (χ1v) is 9.88. The number of aromatic nitrogens is 4. The molecule has 29 heavy (non-hydrogen) atoms. The molecule has 3 aromatic rings. The van der Waals surface area contributed by atoms with E-state index in [-0.39, 0.29) is 0 Å². The predicted octanol–water partition coefficient (Wildman–Crippen LogP) is 1.92. The summed E-state index contributed by atoms with van der Waals surface area (Å²) in [4.78, 5) is 23.2. The van der Waals surface area contributed by atoms with Gasteiger partial charge in [0.15, 0.2) is 5.82 Å². The summed E-state index contributed by atoms with van der Waals surface area (Å²) in [7, 11) is 0. The zero-order chi connectivity index (χ0) is 19.6. The number of ether oxygens (including phenoxy) is 1. The lowest BCUT2D eigenvalue weighted by molar-refractivity contribution is 0.122. The number of fused-ring (bicyclic) bond motifs is 1. The quantitative estimate of drug-likeness (QED) is 0.679. The molecule has 4 heterocycles. The second kappa shape index (κ2) is 7.63. The highest BCUT2D eigenvalue weighted by atomic mass is 16.5. The number of hydrogen-bond donors (Lipinski definition) is 1. The van der Waals surface area contributed by atoms with Gasteiger partial charge in [0, 0.05) is 55.3 Å². The summed E-state index contributed by atoms with van der Waals surface area (Å²) in [5, 5.41) is 0. The van der Waals surface area contributed by atoms with Crippen molar-refractivity contribution in [3.8, 4) is 11.4 Å². The third kappa shape index (κ3) is 3.58. The van der Waals surface area contributed by atoms with E-state index >= 15 is 0 Å². The molecule has 0 aliphatic carbocycles. The molecule has 2 N–H and O–H groups in total.